The molecule has 3 nitrogen and oxygen atoms in total. The molecule has 0 aromatic heterocycles. The normalized spacial score (nSPS) is 11.2. The van der Waals surface area contributed by atoms with E-state index in [9.17, 15) is 5.26 Å². The summed E-state index contributed by atoms with van der Waals surface area (Å²) in [6.45, 7) is 0.422. The molecule has 0 spiro atoms. The highest BCUT2D eigenvalue weighted by Gasteiger charge is 2.07. The number of methoxy groups -OCH3 is 1. The highest BCUT2D eigenvalue weighted by atomic mass is 35.5. The second kappa shape index (κ2) is 9.38. The molecule has 0 radical (unpaired) electrons. The van der Waals surface area contributed by atoms with Crippen LogP contribution in [0.5, 0.6) is 11.5 Å². The Morgan fingerprint density at radius 1 is 0.968 bits per heavy atom. The fourth-order valence-electron chi connectivity index (χ4n) is 3.42. The summed E-state index contributed by atoms with van der Waals surface area (Å²) in [6.07, 6.45) is 1.81. The number of benzene rings is 4. The van der Waals surface area contributed by atoms with E-state index in [4.69, 9.17) is 21.1 Å². The van der Waals surface area contributed by atoms with Gasteiger partial charge in [-0.3, -0.25) is 0 Å². The summed E-state index contributed by atoms with van der Waals surface area (Å²) >= 11 is 6.47. The van der Waals surface area contributed by atoms with Gasteiger partial charge in [0.25, 0.3) is 0 Å². The molecule has 0 amide bonds. The highest BCUT2D eigenvalue weighted by molar-refractivity contribution is 6.32. The van der Waals surface area contributed by atoms with E-state index in [1.807, 2.05) is 60.7 Å². The molecule has 4 heteroatoms. The SMILES string of the molecule is COc1ccc(/C(C#N)=C/c2ccc(OCc3cccc4ccccc34)c(Cl)c2)cc1. The minimum atomic E-state index is 0.422. The molecule has 0 N–H and O–H groups in total. The van der Waals surface area contributed by atoms with E-state index in [-0.39, 0.29) is 0 Å². The number of ether oxygens (including phenoxy) is 2. The van der Waals surface area contributed by atoms with Crippen LogP contribution < -0.4 is 9.47 Å². The van der Waals surface area contributed by atoms with E-state index in [2.05, 4.69) is 30.3 Å². The first kappa shape index (κ1) is 20.5. The summed E-state index contributed by atoms with van der Waals surface area (Å²) in [4.78, 5) is 0. The maximum atomic E-state index is 9.58. The van der Waals surface area contributed by atoms with Crippen molar-refractivity contribution in [2.24, 2.45) is 0 Å². The number of fused-ring (bicyclic) bond motifs is 1. The zero-order valence-corrected chi connectivity index (χ0v) is 17.8. The number of allylic oxidation sites excluding steroid dienone is 1. The van der Waals surface area contributed by atoms with Gasteiger partial charge in [0, 0.05) is 0 Å². The molecule has 31 heavy (non-hydrogen) atoms. The molecular weight excluding hydrogens is 406 g/mol. The molecular formula is C27H20ClNO2. The Labute approximate surface area is 186 Å². The lowest BCUT2D eigenvalue weighted by Crippen LogP contribution is -1.97. The number of nitrogens with zero attached hydrogens (tertiary/aromatic N) is 1. The molecule has 0 aliphatic carbocycles. The van der Waals surface area contributed by atoms with E-state index >= 15 is 0 Å². The summed E-state index contributed by atoms with van der Waals surface area (Å²) in [7, 11) is 1.61. The maximum absolute atomic E-state index is 9.58. The predicted octanol–water partition coefficient (Wildman–Crippen LogP) is 7.14. The van der Waals surface area contributed by atoms with Gasteiger partial charge in [-0.2, -0.15) is 5.26 Å². The Kier molecular flexibility index (Phi) is 6.21. The Balaban J connectivity index is 1.53. The number of hydrogen-bond donors (Lipinski definition) is 0. The molecule has 0 saturated heterocycles. The molecule has 0 aliphatic rings. The topological polar surface area (TPSA) is 42.2 Å². The summed E-state index contributed by atoms with van der Waals surface area (Å²) in [6, 6.07) is 29.6. The summed E-state index contributed by atoms with van der Waals surface area (Å²) in [5.74, 6) is 1.35. The summed E-state index contributed by atoms with van der Waals surface area (Å²) < 4.78 is 11.2. The molecule has 0 saturated carbocycles. The van der Waals surface area contributed by atoms with Crippen molar-refractivity contribution in [3.05, 3.63) is 107 Å². The van der Waals surface area contributed by atoms with Crippen LogP contribution in [0.15, 0.2) is 84.9 Å². The van der Waals surface area contributed by atoms with Gasteiger partial charge in [0.2, 0.25) is 0 Å². The highest BCUT2D eigenvalue weighted by Crippen LogP contribution is 2.29. The quantitative estimate of drug-likeness (QED) is 0.243. The fourth-order valence-corrected chi connectivity index (χ4v) is 3.66. The third kappa shape index (κ3) is 4.71. The van der Waals surface area contributed by atoms with E-state index in [0.29, 0.717) is 23.0 Å². The van der Waals surface area contributed by atoms with Crippen molar-refractivity contribution in [1.29, 1.82) is 5.26 Å². The lowest BCUT2D eigenvalue weighted by Gasteiger charge is -2.11. The van der Waals surface area contributed by atoms with Gasteiger partial charge in [0.05, 0.1) is 23.8 Å². The first-order valence-corrected chi connectivity index (χ1v) is 10.2. The smallest absolute Gasteiger partial charge is 0.138 e. The average molecular weight is 426 g/mol. The third-order valence-corrected chi connectivity index (χ3v) is 5.35. The molecule has 4 aromatic carbocycles. The molecule has 0 unspecified atom stereocenters. The Bertz CT molecular complexity index is 1280. The standard InChI is InChI=1S/C27H20ClNO2/c1-30-24-12-10-20(11-13-24)23(17-29)15-19-9-14-27(26(28)16-19)31-18-22-7-4-6-21-5-2-3-8-25(21)22/h2-16H,18H2,1H3/b23-15+. The zero-order chi connectivity index (χ0) is 21.6. The fraction of sp³-hybridized carbons (Fsp3) is 0.0741. The minimum Gasteiger partial charge on any atom is -0.497 e. The van der Waals surface area contributed by atoms with Crippen LogP contribution in [-0.2, 0) is 6.61 Å². The molecule has 4 rings (SSSR count). The molecule has 0 heterocycles. The van der Waals surface area contributed by atoms with Crippen LogP contribution >= 0.6 is 11.6 Å². The average Bonchev–Trinajstić information content (AvgIpc) is 2.82. The van der Waals surface area contributed by atoms with E-state index in [0.717, 1.165) is 22.4 Å². The van der Waals surface area contributed by atoms with Crippen LogP contribution in [0.3, 0.4) is 0 Å². The number of hydrogen-bond acceptors (Lipinski definition) is 3. The van der Waals surface area contributed by atoms with Crippen LogP contribution in [0.1, 0.15) is 16.7 Å². The molecule has 0 aliphatic heterocycles. The lowest BCUT2D eigenvalue weighted by molar-refractivity contribution is 0.308. The van der Waals surface area contributed by atoms with Gasteiger partial charge in [0.1, 0.15) is 18.1 Å². The van der Waals surface area contributed by atoms with Crippen LogP contribution in [-0.4, -0.2) is 7.11 Å². The van der Waals surface area contributed by atoms with E-state index < -0.39 is 0 Å². The van der Waals surface area contributed by atoms with Crippen molar-refractivity contribution in [3.63, 3.8) is 0 Å². The summed E-state index contributed by atoms with van der Waals surface area (Å²) in [5, 5.41) is 12.4. The predicted molar refractivity (Wildman–Crippen MR) is 126 cm³/mol. The number of nitriles is 1. The Morgan fingerprint density at radius 3 is 2.48 bits per heavy atom. The van der Waals surface area contributed by atoms with Crippen LogP contribution in [0.4, 0.5) is 0 Å². The van der Waals surface area contributed by atoms with Gasteiger partial charge in [-0.1, -0.05) is 60.1 Å². The molecule has 0 fully saturated rings. The largest absolute Gasteiger partial charge is 0.497 e. The Hall–Kier alpha value is -3.74. The van der Waals surface area contributed by atoms with Gasteiger partial charge in [0.15, 0.2) is 0 Å². The van der Waals surface area contributed by atoms with Crippen LogP contribution in [0.25, 0.3) is 22.4 Å². The van der Waals surface area contributed by atoms with Gasteiger partial charge in [-0.15, -0.1) is 0 Å². The van der Waals surface area contributed by atoms with Crippen molar-refractivity contribution < 1.29 is 9.47 Å². The van der Waals surface area contributed by atoms with Crippen molar-refractivity contribution >= 4 is 34.0 Å². The molecule has 0 atom stereocenters. The maximum Gasteiger partial charge on any atom is 0.138 e. The van der Waals surface area contributed by atoms with Gasteiger partial charge >= 0.3 is 0 Å². The van der Waals surface area contributed by atoms with Crippen molar-refractivity contribution in [1.82, 2.24) is 0 Å². The van der Waals surface area contributed by atoms with Crippen LogP contribution in [0, 0.1) is 11.3 Å². The number of rotatable bonds is 6. The zero-order valence-electron chi connectivity index (χ0n) is 17.0. The summed E-state index contributed by atoms with van der Waals surface area (Å²) in [5.41, 5.74) is 3.29. The van der Waals surface area contributed by atoms with E-state index in [1.165, 1.54) is 10.8 Å². The number of halogens is 1. The van der Waals surface area contributed by atoms with Crippen molar-refractivity contribution in [3.8, 4) is 17.6 Å². The monoisotopic (exact) mass is 425 g/mol. The second-order valence-electron chi connectivity index (χ2n) is 7.02. The Morgan fingerprint density at radius 2 is 1.74 bits per heavy atom. The molecule has 0 bridgehead atoms. The second-order valence-corrected chi connectivity index (χ2v) is 7.42. The van der Waals surface area contributed by atoms with Gasteiger partial charge < -0.3 is 9.47 Å². The third-order valence-electron chi connectivity index (χ3n) is 5.05. The van der Waals surface area contributed by atoms with Crippen molar-refractivity contribution in [2.45, 2.75) is 6.61 Å². The minimum absolute atomic E-state index is 0.422. The lowest BCUT2D eigenvalue weighted by atomic mass is 10.0. The molecule has 4 aromatic rings. The van der Waals surface area contributed by atoms with Gasteiger partial charge in [-0.05, 0) is 69.9 Å². The first-order chi connectivity index (χ1) is 15.2. The van der Waals surface area contributed by atoms with Crippen LogP contribution in [0.2, 0.25) is 5.02 Å². The first-order valence-electron chi connectivity index (χ1n) is 9.83. The van der Waals surface area contributed by atoms with E-state index in [1.54, 1.807) is 13.2 Å². The van der Waals surface area contributed by atoms with Crippen molar-refractivity contribution in [2.75, 3.05) is 7.11 Å². The van der Waals surface area contributed by atoms with Gasteiger partial charge in [-0.25, -0.2) is 0 Å². The molecule has 152 valence electrons.